The first-order valence-electron chi connectivity index (χ1n) is 7.02. The Morgan fingerprint density at radius 1 is 1.45 bits per heavy atom. The Morgan fingerprint density at radius 3 is 2.82 bits per heavy atom. The Kier molecular flexibility index (Phi) is 5.68. The van der Waals surface area contributed by atoms with Crippen LogP contribution in [0.1, 0.15) is 10.4 Å². The van der Waals surface area contributed by atoms with Crippen LogP contribution in [0.3, 0.4) is 0 Å². The second-order valence-corrected chi connectivity index (χ2v) is 4.85. The molecule has 1 heterocycles. The fourth-order valence-electron chi connectivity index (χ4n) is 2.23. The number of carbonyl (C=O) groups is 1. The summed E-state index contributed by atoms with van der Waals surface area (Å²) in [5.41, 5.74) is 0.0257. The van der Waals surface area contributed by atoms with Crippen LogP contribution in [0.25, 0.3) is 0 Å². The Hall–Kier alpha value is -2.19. The van der Waals surface area contributed by atoms with Gasteiger partial charge in [-0.1, -0.05) is 0 Å². The Balaban J connectivity index is 1.95. The van der Waals surface area contributed by atoms with Crippen molar-refractivity contribution in [1.29, 1.82) is 0 Å². The lowest BCUT2D eigenvalue weighted by Crippen LogP contribution is -2.41. The monoisotopic (exact) mass is 309 g/mol. The summed E-state index contributed by atoms with van der Waals surface area (Å²) in [5.74, 6) is -0.0664. The summed E-state index contributed by atoms with van der Waals surface area (Å²) >= 11 is 0. The van der Waals surface area contributed by atoms with Crippen molar-refractivity contribution in [3.05, 3.63) is 33.9 Å². The van der Waals surface area contributed by atoms with Gasteiger partial charge in [0.05, 0.1) is 30.8 Å². The number of non-ortho nitro benzene ring substituents is 1. The predicted molar refractivity (Wildman–Crippen MR) is 79.2 cm³/mol. The van der Waals surface area contributed by atoms with E-state index >= 15 is 0 Å². The van der Waals surface area contributed by atoms with E-state index in [1.807, 2.05) is 0 Å². The van der Waals surface area contributed by atoms with Crippen molar-refractivity contribution in [2.24, 2.45) is 0 Å². The number of nitrogens with one attached hydrogen (secondary N) is 1. The van der Waals surface area contributed by atoms with Crippen LogP contribution >= 0.6 is 0 Å². The number of rotatable bonds is 6. The average molecular weight is 309 g/mol. The van der Waals surface area contributed by atoms with Crippen LogP contribution in [0.5, 0.6) is 5.75 Å². The zero-order valence-electron chi connectivity index (χ0n) is 12.4. The molecule has 0 aliphatic carbocycles. The van der Waals surface area contributed by atoms with Crippen molar-refractivity contribution in [2.75, 3.05) is 46.5 Å². The lowest BCUT2D eigenvalue weighted by molar-refractivity contribution is -0.384. The van der Waals surface area contributed by atoms with Crippen molar-refractivity contribution in [3.63, 3.8) is 0 Å². The highest BCUT2D eigenvalue weighted by molar-refractivity contribution is 5.97. The fraction of sp³-hybridized carbons (Fsp3) is 0.500. The molecule has 1 fully saturated rings. The summed E-state index contributed by atoms with van der Waals surface area (Å²) in [6.45, 7) is 4.27. The fourth-order valence-corrected chi connectivity index (χ4v) is 2.23. The van der Waals surface area contributed by atoms with Crippen LogP contribution in [-0.4, -0.2) is 62.2 Å². The van der Waals surface area contributed by atoms with Crippen molar-refractivity contribution in [2.45, 2.75) is 0 Å². The summed E-state index contributed by atoms with van der Waals surface area (Å²) < 4.78 is 10.3. The number of nitro benzene ring substituents is 1. The van der Waals surface area contributed by atoms with Gasteiger partial charge in [-0.25, -0.2) is 0 Å². The van der Waals surface area contributed by atoms with E-state index in [9.17, 15) is 14.9 Å². The minimum absolute atomic E-state index is 0.140. The van der Waals surface area contributed by atoms with Gasteiger partial charge in [0.1, 0.15) is 5.75 Å². The number of benzene rings is 1. The zero-order valence-corrected chi connectivity index (χ0v) is 12.4. The molecule has 1 aromatic rings. The summed E-state index contributed by atoms with van der Waals surface area (Å²) in [6, 6.07) is 3.96. The minimum atomic E-state index is -0.538. The molecule has 0 atom stereocenters. The van der Waals surface area contributed by atoms with Crippen molar-refractivity contribution >= 4 is 11.6 Å². The van der Waals surface area contributed by atoms with Crippen LogP contribution in [0, 0.1) is 10.1 Å². The van der Waals surface area contributed by atoms with Gasteiger partial charge in [0.25, 0.3) is 11.6 Å². The number of nitrogens with zero attached hydrogens (tertiary/aromatic N) is 2. The molecule has 1 aliphatic heterocycles. The molecule has 0 bridgehead atoms. The molecule has 1 amide bonds. The highest BCUT2D eigenvalue weighted by Gasteiger charge is 2.17. The molecular formula is C14H19N3O5. The van der Waals surface area contributed by atoms with Crippen LogP contribution in [-0.2, 0) is 4.74 Å². The van der Waals surface area contributed by atoms with E-state index in [0.29, 0.717) is 32.1 Å². The molecule has 1 saturated heterocycles. The van der Waals surface area contributed by atoms with Gasteiger partial charge in [0.15, 0.2) is 0 Å². The SMILES string of the molecule is COc1ccc([N+](=O)[O-])cc1C(=O)NCCN1CCOCC1. The largest absolute Gasteiger partial charge is 0.496 e. The third-order valence-corrected chi connectivity index (χ3v) is 3.46. The molecule has 22 heavy (non-hydrogen) atoms. The molecule has 1 aromatic carbocycles. The summed E-state index contributed by atoms with van der Waals surface area (Å²) in [6.07, 6.45) is 0. The first kappa shape index (κ1) is 16.2. The second kappa shape index (κ2) is 7.71. The molecule has 0 spiro atoms. The maximum atomic E-state index is 12.2. The molecule has 8 nitrogen and oxygen atoms in total. The van der Waals surface area contributed by atoms with Crippen molar-refractivity contribution in [3.8, 4) is 5.75 Å². The van der Waals surface area contributed by atoms with E-state index in [0.717, 1.165) is 13.1 Å². The van der Waals surface area contributed by atoms with Crippen LogP contribution in [0.2, 0.25) is 0 Å². The maximum absolute atomic E-state index is 12.2. The number of hydrogen-bond donors (Lipinski definition) is 1. The van der Waals surface area contributed by atoms with Gasteiger partial charge in [-0.05, 0) is 6.07 Å². The zero-order chi connectivity index (χ0) is 15.9. The molecule has 0 saturated carbocycles. The normalized spacial score (nSPS) is 15.3. The van der Waals surface area contributed by atoms with Gasteiger partial charge in [-0.3, -0.25) is 19.8 Å². The predicted octanol–water partition coefficient (Wildman–Crippen LogP) is 0.665. The van der Waals surface area contributed by atoms with Gasteiger partial charge in [0, 0.05) is 38.3 Å². The maximum Gasteiger partial charge on any atom is 0.270 e. The van der Waals surface area contributed by atoms with Gasteiger partial charge in [-0.2, -0.15) is 0 Å². The standard InChI is InChI=1S/C14H19N3O5/c1-21-13-3-2-11(17(19)20)10-12(13)14(18)15-4-5-16-6-8-22-9-7-16/h2-3,10H,4-9H2,1H3,(H,15,18). The van der Waals surface area contributed by atoms with Gasteiger partial charge in [-0.15, -0.1) is 0 Å². The minimum Gasteiger partial charge on any atom is -0.496 e. The molecule has 1 aliphatic rings. The lowest BCUT2D eigenvalue weighted by atomic mass is 10.1. The first-order valence-corrected chi connectivity index (χ1v) is 7.02. The Labute approximate surface area is 128 Å². The number of methoxy groups -OCH3 is 1. The van der Waals surface area contributed by atoms with E-state index < -0.39 is 4.92 Å². The average Bonchev–Trinajstić information content (AvgIpc) is 2.55. The third kappa shape index (κ3) is 4.15. The second-order valence-electron chi connectivity index (χ2n) is 4.85. The quantitative estimate of drug-likeness (QED) is 0.613. The van der Waals surface area contributed by atoms with Crippen molar-refractivity contribution in [1.82, 2.24) is 10.2 Å². The summed E-state index contributed by atoms with van der Waals surface area (Å²) in [4.78, 5) is 24.6. The van der Waals surface area contributed by atoms with Crippen molar-refractivity contribution < 1.29 is 19.2 Å². The van der Waals surface area contributed by atoms with Crippen LogP contribution in [0.4, 0.5) is 5.69 Å². The number of ether oxygens (including phenoxy) is 2. The summed E-state index contributed by atoms with van der Waals surface area (Å²) in [7, 11) is 1.42. The smallest absolute Gasteiger partial charge is 0.270 e. The van der Waals surface area contributed by atoms with Crippen LogP contribution in [0.15, 0.2) is 18.2 Å². The molecule has 0 unspecified atom stereocenters. The number of amides is 1. The topological polar surface area (TPSA) is 93.9 Å². The molecule has 0 aromatic heterocycles. The molecule has 8 heteroatoms. The van der Waals surface area contributed by atoms with E-state index in [4.69, 9.17) is 9.47 Å². The third-order valence-electron chi connectivity index (χ3n) is 3.46. The number of hydrogen-bond acceptors (Lipinski definition) is 6. The van der Waals surface area contributed by atoms with Gasteiger partial charge in [0.2, 0.25) is 0 Å². The van der Waals surface area contributed by atoms with Gasteiger partial charge >= 0.3 is 0 Å². The highest BCUT2D eigenvalue weighted by atomic mass is 16.6. The molecule has 0 radical (unpaired) electrons. The molecule has 2 rings (SSSR count). The van der Waals surface area contributed by atoms with Gasteiger partial charge < -0.3 is 14.8 Å². The highest BCUT2D eigenvalue weighted by Crippen LogP contribution is 2.23. The van der Waals surface area contributed by atoms with Crippen LogP contribution < -0.4 is 10.1 Å². The summed E-state index contributed by atoms with van der Waals surface area (Å²) in [5, 5.41) is 13.6. The first-order chi connectivity index (χ1) is 10.6. The lowest BCUT2D eigenvalue weighted by Gasteiger charge is -2.26. The molecular weight excluding hydrogens is 290 g/mol. The number of carbonyl (C=O) groups excluding carboxylic acids is 1. The molecule has 1 N–H and O–H groups in total. The van der Waals surface area contributed by atoms with E-state index in [-0.39, 0.29) is 17.2 Å². The van der Waals surface area contributed by atoms with E-state index in [1.54, 1.807) is 0 Å². The van der Waals surface area contributed by atoms with E-state index in [1.165, 1.54) is 25.3 Å². The van der Waals surface area contributed by atoms with E-state index in [2.05, 4.69) is 10.2 Å². The molecule has 120 valence electrons. The Morgan fingerprint density at radius 2 is 2.18 bits per heavy atom. The Bertz CT molecular complexity index is 543. The number of nitro groups is 1. The number of morpholine rings is 1.